The average Bonchev–Trinajstić information content (AvgIpc) is 2.62. The fourth-order valence-electron chi connectivity index (χ4n) is 2.73. The predicted molar refractivity (Wildman–Crippen MR) is 98.1 cm³/mol. The highest BCUT2D eigenvalue weighted by Gasteiger charge is 2.20. The SMILES string of the molecule is CC(=O)NC(Cc1ccccc1)C(=O)Nc1cccc2cccnc12. The van der Waals surface area contributed by atoms with Crippen LogP contribution in [-0.4, -0.2) is 22.8 Å². The molecular formula is C20H19N3O2. The first-order chi connectivity index (χ1) is 12.1. The number of hydrogen-bond acceptors (Lipinski definition) is 3. The molecule has 0 aliphatic rings. The van der Waals surface area contributed by atoms with E-state index >= 15 is 0 Å². The van der Waals surface area contributed by atoms with Gasteiger partial charge < -0.3 is 10.6 Å². The van der Waals surface area contributed by atoms with E-state index in [2.05, 4.69) is 15.6 Å². The second kappa shape index (κ2) is 7.57. The molecule has 3 aromatic rings. The van der Waals surface area contributed by atoms with Crippen LogP contribution in [0.4, 0.5) is 5.69 Å². The number of aromatic nitrogens is 1. The van der Waals surface area contributed by atoms with Crippen molar-refractivity contribution in [1.29, 1.82) is 0 Å². The standard InChI is InChI=1S/C20H19N3O2/c1-14(24)22-18(13-15-7-3-2-4-8-15)20(25)23-17-11-5-9-16-10-6-12-21-19(16)17/h2-12,18H,13H2,1H3,(H,22,24)(H,23,25). The third-order valence-electron chi connectivity index (χ3n) is 3.87. The largest absolute Gasteiger partial charge is 0.344 e. The minimum absolute atomic E-state index is 0.243. The van der Waals surface area contributed by atoms with E-state index in [-0.39, 0.29) is 11.8 Å². The molecule has 1 atom stereocenters. The first-order valence-corrected chi connectivity index (χ1v) is 8.09. The third kappa shape index (κ3) is 4.20. The lowest BCUT2D eigenvalue weighted by molar-refractivity contribution is -0.125. The molecule has 25 heavy (non-hydrogen) atoms. The highest BCUT2D eigenvalue weighted by Crippen LogP contribution is 2.21. The van der Waals surface area contributed by atoms with Gasteiger partial charge in [0.05, 0.1) is 11.2 Å². The second-order valence-corrected chi connectivity index (χ2v) is 5.81. The summed E-state index contributed by atoms with van der Waals surface area (Å²) in [6.07, 6.45) is 2.11. The number of fused-ring (bicyclic) bond motifs is 1. The van der Waals surface area contributed by atoms with Crippen molar-refractivity contribution in [1.82, 2.24) is 10.3 Å². The summed E-state index contributed by atoms with van der Waals surface area (Å²) in [5.41, 5.74) is 2.33. The first kappa shape index (κ1) is 16.6. The number of anilines is 1. The van der Waals surface area contributed by atoms with Crippen molar-refractivity contribution in [3.63, 3.8) is 0 Å². The molecule has 0 radical (unpaired) electrons. The summed E-state index contributed by atoms with van der Waals surface area (Å²) in [5.74, 6) is -0.510. The van der Waals surface area contributed by atoms with E-state index in [1.165, 1.54) is 6.92 Å². The minimum Gasteiger partial charge on any atom is -0.344 e. The number of amides is 2. The van der Waals surface area contributed by atoms with Crippen LogP contribution < -0.4 is 10.6 Å². The van der Waals surface area contributed by atoms with Crippen LogP contribution >= 0.6 is 0 Å². The first-order valence-electron chi connectivity index (χ1n) is 8.09. The summed E-state index contributed by atoms with van der Waals surface area (Å²) in [5, 5.41) is 6.56. The predicted octanol–water partition coefficient (Wildman–Crippen LogP) is 2.92. The van der Waals surface area contributed by atoms with Crippen molar-refractivity contribution in [2.24, 2.45) is 0 Å². The molecule has 0 bridgehead atoms. The second-order valence-electron chi connectivity index (χ2n) is 5.81. The molecule has 0 spiro atoms. The lowest BCUT2D eigenvalue weighted by Crippen LogP contribution is -2.44. The van der Waals surface area contributed by atoms with Crippen LogP contribution in [0.3, 0.4) is 0 Å². The number of rotatable bonds is 5. The number of pyridine rings is 1. The van der Waals surface area contributed by atoms with E-state index in [0.29, 0.717) is 12.1 Å². The summed E-state index contributed by atoms with van der Waals surface area (Å²) in [6.45, 7) is 1.41. The highest BCUT2D eigenvalue weighted by molar-refractivity contribution is 6.03. The van der Waals surface area contributed by atoms with Gasteiger partial charge in [0.15, 0.2) is 0 Å². The maximum absolute atomic E-state index is 12.7. The Hall–Kier alpha value is -3.21. The van der Waals surface area contributed by atoms with E-state index in [1.54, 1.807) is 12.3 Å². The maximum atomic E-state index is 12.7. The molecule has 0 saturated carbocycles. The number of carbonyl (C=O) groups excluding carboxylic acids is 2. The zero-order chi connectivity index (χ0) is 17.6. The third-order valence-corrected chi connectivity index (χ3v) is 3.87. The van der Waals surface area contributed by atoms with E-state index in [9.17, 15) is 9.59 Å². The van der Waals surface area contributed by atoms with Crippen molar-refractivity contribution in [2.45, 2.75) is 19.4 Å². The highest BCUT2D eigenvalue weighted by atomic mass is 16.2. The van der Waals surface area contributed by atoms with Crippen LogP contribution in [0.5, 0.6) is 0 Å². The fraction of sp³-hybridized carbons (Fsp3) is 0.150. The Morgan fingerprint density at radius 2 is 1.76 bits per heavy atom. The Balaban J connectivity index is 1.83. The Labute approximate surface area is 146 Å². The number of carbonyl (C=O) groups is 2. The van der Waals surface area contributed by atoms with Gasteiger partial charge in [-0.15, -0.1) is 0 Å². The van der Waals surface area contributed by atoms with Crippen molar-refractivity contribution in [3.05, 3.63) is 72.4 Å². The molecule has 0 aliphatic carbocycles. The van der Waals surface area contributed by atoms with Crippen molar-refractivity contribution in [2.75, 3.05) is 5.32 Å². The van der Waals surface area contributed by atoms with Gasteiger partial charge in [-0.05, 0) is 17.7 Å². The lowest BCUT2D eigenvalue weighted by atomic mass is 10.0. The molecule has 5 heteroatoms. The minimum atomic E-state index is -0.654. The molecule has 2 aromatic carbocycles. The number of benzene rings is 2. The molecule has 3 rings (SSSR count). The topological polar surface area (TPSA) is 71.1 Å². The molecule has 1 aromatic heterocycles. The lowest BCUT2D eigenvalue weighted by Gasteiger charge is -2.18. The number of nitrogens with zero attached hydrogens (tertiary/aromatic N) is 1. The molecule has 5 nitrogen and oxygen atoms in total. The Morgan fingerprint density at radius 1 is 1.00 bits per heavy atom. The Kier molecular flexibility index (Phi) is 5.04. The molecule has 2 amide bonds. The van der Waals surface area contributed by atoms with Crippen molar-refractivity contribution in [3.8, 4) is 0 Å². The van der Waals surface area contributed by atoms with Gasteiger partial charge in [0, 0.05) is 24.9 Å². The molecular weight excluding hydrogens is 314 g/mol. The molecule has 2 N–H and O–H groups in total. The summed E-state index contributed by atoms with van der Waals surface area (Å²) >= 11 is 0. The molecule has 126 valence electrons. The zero-order valence-electron chi connectivity index (χ0n) is 13.9. The van der Waals surface area contributed by atoms with Crippen molar-refractivity contribution < 1.29 is 9.59 Å². The van der Waals surface area contributed by atoms with Gasteiger partial charge in [0.25, 0.3) is 0 Å². The molecule has 1 unspecified atom stereocenters. The number of hydrogen-bond donors (Lipinski definition) is 2. The van der Waals surface area contributed by atoms with Crippen molar-refractivity contribution >= 4 is 28.4 Å². The van der Waals surface area contributed by atoms with E-state index < -0.39 is 6.04 Å². The van der Waals surface area contributed by atoms with Crippen LogP contribution in [0, 0.1) is 0 Å². The van der Waals surface area contributed by atoms with Gasteiger partial charge in [-0.1, -0.05) is 48.5 Å². The van der Waals surface area contributed by atoms with Crippen LogP contribution in [0.15, 0.2) is 66.9 Å². The number of para-hydroxylation sites is 1. The quantitative estimate of drug-likeness (QED) is 0.754. The van der Waals surface area contributed by atoms with Crippen LogP contribution in [-0.2, 0) is 16.0 Å². The van der Waals surface area contributed by atoms with Gasteiger partial charge in [-0.3, -0.25) is 14.6 Å². The normalized spacial score (nSPS) is 11.7. The van der Waals surface area contributed by atoms with Gasteiger partial charge in [0.1, 0.15) is 6.04 Å². The monoisotopic (exact) mass is 333 g/mol. The Bertz CT molecular complexity index is 888. The summed E-state index contributed by atoms with van der Waals surface area (Å²) in [4.78, 5) is 28.6. The van der Waals surface area contributed by atoms with E-state index in [1.807, 2.05) is 54.6 Å². The van der Waals surface area contributed by atoms with Gasteiger partial charge in [-0.25, -0.2) is 0 Å². The van der Waals surface area contributed by atoms with Crippen LogP contribution in [0.2, 0.25) is 0 Å². The fourth-order valence-corrected chi connectivity index (χ4v) is 2.73. The van der Waals surface area contributed by atoms with E-state index in [0.717, 1.165) is 16.5 Å². The molecule has 1 heterocycles. The smallest absolute Gasteiger partial charge is 0.247 e. The maximum Gasteiger partial charge on any atom is 0.247 e. The molecule has 0 aliphatic heterocycles. The van der Waals surface area contributed by atoms with Crippen LogP contribution in [0.1, 0.15) is 12.5 Å². The van der Waals surface area contributed by atoms with Gasteiger partial charge >= 0.3 is 0 Å². The Morgan fingerprint density at radius 3 is 2.52 bits per heavy atom. The number of nitrogens with one attached hydrogen (secondary N) is 2. The summed E-state index contributed by atoms with van der Waals surface area (Å²) < 4.78 is 0. The average molecular weight is 333 g/mol. The molecule has 0 fully saturated rings. The zero-order valence-corrected chi connectivity index (χ0v) is 13.9. The molecule has 0 saturated heterocycles. The van der Waals surface area contributed by atoms with E-state index in [4.69, 9.17) is 0 Å². The summed E-state index contributed by atoms with van der Waals surface area (Å²) in [7, 11) is 0. The van der Waals surface area contributed by atoms with Gasteiger partial charge in [-0.2, -0.15) is 0 Å². The van der Waals surface area contributed by atoms with Gasteiger partial charge in [0.2, 0.25) is 11.8 Å². The van der Waals surface area contributed by atoms with Crippen LogP contribution in [0.25, 0.3) is 10.9 Å². The summed E-state index contributed by atoms with van der Waals surface area (Å²) in [6, 6.07) is 18.3.